The minimum absolute atomic E-state index is 0.0455. The maximum atomic E-state index is 11.2. The van der Waals surface area contributed by atoms with Crippen LogP contribution < -0.4 is 5.32 Å². The number of anilines is 1. The van der Waals surface area contributed by atoms with Crippen molar-refractivity contribution in [2.75, 3.05) is 17.3 Å². The summed E-state index contributed by atoms with van der Waals surface area (Å²) in [5, 5.41) is 3.66. The van der Waals surface area contributed by atoms with Crippen LogP contribution in [0.15, 0.2) is 24.3 Å². The van der Waals surface area contributed by atoms with E-state index in [-0.39, 0.29) is 5.91 Å². The second-order valence-corrected chi connectivity index (χ2v) is 4.24. The number of nitrogens with one attached hydrogen (secondary N) is 1. The number of hydrogen-bond donors (Lipinski definition) is 1. The average Bonchev–Trinajstić information content (AvgIpc) is 2.19. The molecule has 1 N–H and O–H groups in total. The van der Waals surface area contributed by atoms with E-state index in [4.69, 9.17) is 0 Å². The van der Waals surface area contributed by atoms with Crippen molar-refractivity contribution in [1.29, 1.82) is 0 Å². The maximum absolute atomic E-state index is 11.2. The summed E-state index contributed by atoms with van der Waals surface area (Å²) in [5.41, 5.74) is 2.06. The van der Waals surface area contributed by atoms with Gasteiger partial charge in [-0.1, -0.05) is 28.1 Å². The first kappa shape index (κ1) is 11.6. The van der Waals surface area contributed by atoms with Crippen LogP contribution in [0.25, 0.3) is 0 Å². The van der Waals surface area contributed by atoms with Crippen LogP contribution in [0.4, 0.5) is 5.69 Å². The van der Waals surface area contributed by atoms with Crippen LogP contribution in [-0.4, -0.2) is 17.9 Å². The van der Waals surface area contributed by atoms with Gasteiger partial charge in [0.25, 0.3) is 0 Å². The van der Waals surface area contributed by atoms with Crippen LogP contribution in [0.5, 0.6) is 0 Å². The molecular weight excluding hydrogens is 262 g/mol. The maximum Gasteiger partial charge on any atom is 0.234 e. The molecule has 76 valence electrons. The predicted octanol–water partition coefficient (Wildman–Crippen LogP) is 2.88. The van der Waals surface area contributed by atoms with Gasteiger partial charge in [-0.25, -0.2) is 0 Å². The molecule has 1 aromatic rings. The first-order valence-corrected chi connectivity index (χ1v) is 6.71. The number of halogens is 1. The number of thioether (sulfide) groups is 1. The third-order valence-electron chi connectivity index (χ3n) is 1.67. The van der Waals surface area contributed by atoms with Gasteiger partial charge in [-0.05, 0) is 24.0 Å². The summed E-state index contributed by atoms with van der Waals surface area (Å²) in [6, 6.07) is 7.80. The number of carbonyl (C=O) groups is 1. The Morgan fingerprint density at radius 3 is 2.57 bits per heavy atom. The van der Waals surface area contributed by atoms with Crippen LogP contribution in [0.3, 0.4) is 0 Å². The summed E-state index contributed by atoms with van der Waals surface area (Å²) < 4.78 is 0. The van der Waals surface area contributed by atoms with E-state index in [9.17, 15) is 4.79 Å². The monoisotopic (exact) mass is 273 g/mol. The Morgan fingerprint density at radius 2 is 2.07 bits per heavy atom. The molecule has 0 aliphatic heterocycles. The fourth-order valence-corrected chi connectivity index (χ4v) is 1.71. The quantitative estimate of drug-likeness (QED) is 0.855. The average molecular weight is 274 g/mol. The van der Waals surface area contributed by atoms with E-state index in [2.05, 4.69) is 21.2 Å². The van der Waals surface area contributed by atoms with Gasteiger partial charge < -0.3 is 5.32 Å². The number of rotatable bonds is 4. The highest BCUT2D eigenvalue weighted by atomic mass is 79.9. The molecule has 0 unspecified atom stereocenters. The fourth-order valence-electron chi connectivity index (χ4n) is 1.01. The van der Waals surface area contributed by atoms with Gasteiger partial charge in [0, 0.05) is 11.0 Å². The molecule has 4 heteroatoms. The van der Waals surface area contributed by atoms with Gasteiger partial charge >= 0.3 is 0 Å². The number of amides is 1. The molecule has 0 spiro atoms. The molecular formula is C10H12BrNOS. The largest absolute Gasteiger partial charge is 0.325 e. The van der Waals surface area contributed by atoms with Crippen molar-refractivity contribution in [2.45, 2.75) is 5.33 Å². The summed E-state index contributed by atoms with van der Waals surface area (Å²) in [5.74, 6) is 0.546. The second kappa shape index (κ2) is 6.09. The Kier molecular flexibility index (Phi) is 5.04. The third-order valence-corrected chi connectivity index (χ3v) is 2.87. The lowest BCUT2D eigenvalue weighted by Gasteiger charge is -2.04. The summed E-state index contributed by atoms with van der Waals surface area (Å²) in [6.07, 6.45) is 1.91. The van der Waals surface area contributed by atoms with Crippen LogP contribution in [0.1, 0.15) is 5.56 Å². The highest BCUT2D eigenvalue weighted by Crippen LogP contribution is 2.12. The number of benzene rings is 1. The first-order valence-electron chi connectivity index (χ1n) is 4.20. The molecule has 2 nitrogen and oxygen atoms in total. The zero-order valence-corrected chi connectivity index (χ0v) is 10.3. The predicted molar refractivity (Wildman–Crippen MR) is 66.1 cm³/mol. The Labute approximate surface area is 96.6 Å². The Balaban J connectivity index is 2.55. The fraction of sp³-hybridized carbons (Fsp3) is 0.300. The van der Waals surface area contributed by atoms with Crippen molar-refractivity contribution >= 4 is 39.3 Å². The van der Waals surface area contributed by atoms with Crippen molar-refractivity contribution in [1.82, 2.24) is 0 Å². The van der Waals surface area contributed by atoms with E-state index < -0.39 is 0 Å². The van der Waals surface area contributed by atoms with Crippen LogP contribution in [-0.2, 0) is 10.1 Å². The lowest BCUT2D eigenvalue weighted by Crippen LogP contribution is -2.13. The Morgan fingerprint density at radius 1 is 1.43 bits per heavy atom. The van der Waals surface area contributed by atoms with E-state index in [1.807, 2.05) is 30.5 Å². The van der Waals surface area contributed by atoms with Crippen molar-refractivity contribution in [2.24, 2.45) is 0 Å². The molecule has 1 amide bonds. The van der Waals surface area contributed by atoms with E-state index in [0.29, 0.717) is 5.75 Å². The van der Waals surface area contributed by atoms with E-state index >= 15 is 0 Å². The summed E-state index contributed by atoms with van der Waals surface area (Å²) in [7, 11) is 0. The van der Waals surface area contributed by atoms with E-state index in [1.165, 1.54) is 17.3 Å². The summed E-state index contributed by atoms with van der Waals surface area (Å²) in [6.45, 7) is 0. The van der Waals surface area contributed by atoms with Crippen molar-refractivity contribution in [3.63, 3.8) is 0 Å². The van der Waals surface area contributed by atoms with Crippen molar-refractivity contribution in [3.05, 3.63) is 29.8 Å². The van der Waals surface area contributed by atoms with E-state index in [0.717, 1.165) is 11.0 Å². The van der Waals surface area contributed by atoms with Gasteiger partial charge in [-0.2, -0.15) is 11.8 Å². The molecule has 14 heavy (non-hydrogen) atoms. The lowest BCUT2D eigenvalue weighted by atomic mass is 10.2. The van der Waals surface area contributed by atoms with Gasteiger partial charge in [-0.3, -0.25) is 4.79 Å². The normalized spacial score (nSPS) is 9.86. The molecule has 0 saturated heterocycles. The standard InChI is InChI=1S/C10H12BrNOS/c1-14-7-10(13)12-9-4-2-8(6-11)3-5-9/h2-5H,6-7H2,1H3,(H,12,13). The number of carbonyl (C=O) groups excluding carboxylic acids is 1. The molecule has 0 aromatic heterocycles. The molecule has 0 bridgehead atoms. The van der Waals surface area contributed by atoms with Crippen LogP contribution in [0.2, 0.25) is 0 Å². The summed E-state index contributed by atoms with van der Waals surface area (Å²) in [4.78, 5) is 11.2. The highest BCUT2D eigenvalue weighted by molar-refractivity contribution is 9.08. The Hall–Kier alpha value is -0.480. The summed E-state index contributed by atoms with van der Waals surface area (Å²) >= 11 is 4.88. The van der Waals surface area contributed by atoms with Crippen LogP contribution >= 0.6 is 27.7 Å². The molecule has 0 atom stereocenters. The molecule has 0 fully saturated rings. The minimum atomic E-state index is 0.0455. The van der Waals surface area contributed by atoms with Crippen molar-refractivity contribution < 1.29 is 4.79 Å². The van der Waals surface area contributed by atoms with Crippen LogP contribution in [0, 0.1) is 0 Å². The van der Waals surface area contributed by atoms with Gasteiger partial charge in [-0.15, -0.1) is 0 Å². The molecule has 0 saturated carbocycles. The number of hydrogen-bond acceptors (Lipinski definition) is 2. The molecule has 1 aromatic carbocycles. The Bertz CT molecular complexity index is 299. The van der Waals surface area contributed by atoms with Gasteiger partial charge in [0.05, 0.1) is 5.75 Å². The molecule has 1 rings (SSSR count). The third kappa shape index (κ3) is 3.72. The highest BCUT2D eigenvalue weighted by Gasteiger charge is 2.00. The minimum Gasteiger partial charge on any atom is -0.325 e. The molecule has 0 aliphatic carbocycles. The lowest BCUT2D eigenvalue weighted by molar-refractivity contribution is -0.113. The zero-order chi connectivity index (χ0) is 10.4. The molecule has 0 radical (unpaired) electrons. The topological polar surface area (TPSA) is 29.1 Å². The van der Waals surface area contributed by atoms with Gasteiger partial charge in [0.1, 0.15) is 0 Å². The second-order valence-electron chi connectivity index (χ2n) is 2.81. The van der Waals surface area contributed by atoms with Gasteiger partial charge in [0.15, 0.2) is 0 Å². The van der Waals surface area contributed by atoms with E-state index in [1.54, 1.807) is 0 Å². The smallest absolute Gasteiger partial charge is 0.234 e. The van der Waals surface area contributed by atoms with Crippen molar-refractivity contribution in [3.8, 4) is 0 Å². The SMILES string of the molecule is CSCC(=O)Nc1ccc(CBr)cc1. The molecule has 0 heterocycles. The first-order chi connectivity index (χ1) is 6.76. The zero-order valence-electron chi connectivity index (χ0n) is 7.92. The molecule has 0 aliphatic rings. The number of alkyl halides is 1. The van der Waals surface area contributed by atoms with Gasteiger partial charge in [0.2, 0.25) is 5.91 Å².